The molecule has 1 heterocycles. The number of nitrogens with two attached hydrogens (primary N) is 1. The predicted octanol–water partition coefficient (Wildman–Crippen LogP) is 2.37. The molecule has 2 rings (SSSR count). The van der Waals surface area contributed by atoms with E-state index in [-0.39, 0.29) is 30.3 Å². The number of benzene rings is 1. The van der Waals surface area contributed by atoms with Gasteiger partial charge in [-0.2, -0.15) is 0 Å². The van der Waals surface area contributed by atoms with Crippen LogP contribution in [0, 0.1) is 12.8 Å². The van der Waals surface area contributed by atoms with Crippen molar-refractivity contribution in [2.24, 2.45) is 11.7 Å². The van der Waals surface area contributed by atoms with Crippen LogP contribution < -0.4 is 20.5 Å². The predicted molar refractivity (Wildman–Crippen MR) is 99.6 cm³/mol. The summed E-state index contributed by atoms with van der Waals surface area (Å²) in [6.07, 6.45) is 1.66. The van der Waals surface area contributed by atoms with Crippen molar-refractivity contribution < 1.29 is 19.0 Å². The highest BCUT2D eigenvalue weighted by atomic mass is 35.5. The van der Waals surface area contributed by atoms with Gasteiger partial charge in [-0.1, -0.05) is 0 Å². The maximum Gasteiger partial charge on any atom is 0.237 e. The van der Waals surface area contributed by atoms with Crippen molar-refractivity contribution in [2.45, 2.75) is 38.8 Å². The van der Waals surface area contributed by atoms with Crippen LogP contribution in [0.3, 0.4) is 0 Å². The molecule has 0 aromatic heterocycles. The van der Waals surface area contributed by atoms with Crippen molar-refractivity contribution in [1.82, 2.24) is 5.32 Å². The Morgan fingerprint density at radius 2 is 1.80 bits per heavy atom. The molecule has 1 aliphatic heterocycles. The molecule has 7 heteroatoms. The molecule has 1 aromatic carbocycles. The summed E-state index contributed by atoms with van der Waals surface area (Å²) in [5.74, 6) is 1.38. The van der Waals surface area contributed by atoms with Gasteiger partial charge in [0.05, 0.1) is 26.3 Å². The normalized spacial score (nSPS) is 17.2. The van der Waals surface area contributed by atoms with Crippen molar-refractivity contribution >= 4 is 18.3 Å². The van der Waals surface area contributed by atoms with E-state index in [0.29, 0.717) is 24.7 Å². The van der Waals surface area contributed by atoms with Crippen molar-refractivity contribution in [3.63, 3.8) is 0 Å². The van der Waals surface area contributed by atoms with Crippen LogP contribution in [0.1, 0.15) is 36.9 Å². The van der Waals surface area contributed by atoms with Gasteiger partial charge in [0.2, 0.25) is 5.91 Å². The maximum absolute atomic E-state index is 12.5. The van der Waals surface area contributed by atoms with E-state index < -0.39 is 6.04 Å². The van der Waals surface area contributed by atoms with Crippen LogP contribution in [0.5, 0.6) is 11.5 Å². The molecule has 1 aromatic rings. The fourth-order valence-corrected chi connectivity index (χ4v) is 3.14. The van der Waals surface area contributed by atoms with Gasteiger partial charge in [-0.05, 0) is 55.9 Å². The third-order valence-corrected chi connectivity index (χ3v) is 4.67. The second-order valence-corrected chi connectivity index (χ2v) is 6.27. The molecule has 3 N–H and O–H groups in total. The van der Waals surface area contributed by atoms with Crippen LogP contribution in [-0.2, 0) is 9.53 Å². The van der Waals surface area contributed by atoms with Gasteiger partial charge in [-0.3, -0.25) is 4.79 Å². The molecule has 0 bridgehead atoms. The number of amides is 1. The number of hydrogen-bond donors (Lipinski definition) is 2. The van der Waals surface area contributed by atoms with E-state index in [1.54, 1.807) is 14.2 Å². The molecule has 25 heavy (non-hydrogen) atoms. The zero-order valence-electron chi connectivity index (χ0n) is 15.3. The molecular weight excluding hydrogens is 344 g/mol. The highest BCUT2D eigenvalue weighted by Gasteiger charge is 2.27. The second kappa shape index (κ2) is 9.85. The Kier molecular flexibility index (Phi) is 8.48. The Bertz CT molecular complexity index is 576. The van der Waals surface area contributed by atoms with Crippen molar-refractivity contribution in [1.29, 1.82) is 0 Å². The lowest BCUT2D eigenvalue weighted by molar-refractivity contribution is -0.125. The largest absolute Gasteiger partial charge is 0.493 e. The molecule has 0 spiro atoms. The first kappa shape index (κ1) is 21.5. The maximum atomic E-state index is 12.5. The minimum absolute atomic E-state index is 0. The number of halogens is 1. The Morgan fingerprint density at radius 3 is 2.36 bits per heavy atom. The first-order valence-electron chi connectivity index (χ1n) is 8.34. The smallest absolute Gasteiger partial charge is 0.237 e. The summed E-state index contributed by atoms with van der Waals surface area (Å²) in [6.45, 7) is 5.28. The van der Waals surface area contributed by atoms with Gasteiger partial charge >= 0.3 is 0 Å². The lowest BCUT2D eigenvalue weighted by atomic mass is 9.91. The van der Waals surface area contributed by atoms with E-state index >= 15 is 0 Å². The molecule has 0 saturated carbocycles. The Labute approximate surface area is 155 Å². The van der Waals surface area contributed by atoms with Gasteiger partial charge in [-0.25, -0.2) is 0 Å². The van der Waals surface area contributed by atoms with Crippen LogP contribution >= 0.6 is 12.4 Å². The molecule has 6 nitrogen and oxygen atoms in total. The fourth-order valence-electron chi connectivity index (χ4n) is 3.14. The summed E-state index contributed by atoms with van der Waals surface area (Å²) in [5, 5.41) is 3.02. The number of aryl methyl sites for hydroxylation is 1. The number of carbonyl (C=O) groups excluding carboxylic acids is 1. The Hall–Kier alpha value is -1.50. The quantitative estimate of drug-likeness (QED) is 0.801. The number of carbonyl (C=O) groups is 1. The minimum atomic E-state index is -0.503. The number of ether oxygens (including phenoxy) is 3. The van der Waals surface area contributed by atoms with Crippen LogP contribution in [-0.4, -0.2) is 39.4 Å². The van der Waals surface area contributed by atoms with E-state index in [9.17, 15) is 4.79 Å². The molecule has 0 aliphatic carbocycles. The molecule has 0 radical (unpaired) electrons. The standard InChI is InChI=1S/C18H28N2O4.ClH/c1-11-9-15(22-3)16(23-4)10-14(11)12(2)20-18(21)17(19)13-5-7-24-8-6-13;/h9-10,12-13,17H,5-8,19H2,1-4H3,(H,20,21);1H. The van der Waals surface area contributed by atoms with Gasteiger partial charge in [0.1, 0.15) is 0 Å². The number of methoxy groups -OCH3 is 2. The van der Waals surface area contributed by atoms with Crippen LogP contribution in [0.4, 0.5) is 0 Å². The van der Waals surface area contributed by atoms with Gasteiger partial charge in [0, 0.05) is 13.2 Å². The summed E-state index contributed by atoms with van der Waals surface area (Å²) in [6, 6.07) is 3.15. The van der Waals surface area contributed by atoms with E-state index in [2.05, 4.69) is 5.32 Å². The average molecular weight is 373 g/mol. The van der Waals surface area contributed by atoms with Crippen molar-refractivity contribution in [2.75, 3.05) is 27.4 Å². The van der Waals surface area contributed by atoms with E-state index in [4.69, 9.17) is 19.9 Å². The molecular formula is C18H29ClN2O4. The second-order valence-electron chi connectivity index (χ2n) is 6.27. The van der Waals surface area contributed by atoms with Gasteiger partial charge < -0.3 is 25.3 Å². The highest BCUT2D eigenvalue weighted by Crippen LogP contribution is 2.33. The SMILES string of the molecule is COc1cc(C)c(C(C)NC(=O)C(N)C2CCOCC2)cc1OC.Cl. The zero-order chi connectivity index (χ0) is 17.7. The highest BCUT2D eigenvalue weighted by molar-refractivity contribution is 5.85. The van der Waals surface area contributed by atoms with Crippen LogP contribution in [0.25, 0.3) is 0 Å². The Balaban J connectivity index is 0.00000312. The molecule has 1 fully saturated rings. The fraction of sp³-hybridized carbons (Fsp3) is 0.611. The molecule has 2 atom stereocenters. The zero-order valence-corrected chi connectivity index (χ0v) is 16.2. The summed E-state index contributed by atoms with van der Waals surface area (Å²) in [7, 11) is 3.20. The third kappa shape index (κ3) is 5.23. The lowest BCUT2D eigenvalue weighted by Crippen LogP contribution is -2.47. The topological polar surface area (TPSA) is 82.8 Å². The minimum Gasteiger partial charge on any atom is -0.493 e. The van der Waals surface area contributed by atoms with Gasteiger partial charge in [-0.15, -0.1) is 12.4 Å². The van der Waals surface area contributed by atoms with Crippen molar-refractivity contribution in [3.8, 4) is 11.5 Å². The number of nitrogens with one attached hydrogen (secondary N) is 1. The molecule has 1 aliphatic rings. The third-order valence-electron chi connectivity index (χ3n) is 4.67. The first-order chi connectivity index (χ1) is 11.5. The van der Waals surface area contributed by atoms with Crippen LogP contribution in [0.2, 0.25) is 0 Å². The monoisotopic (exact) mass is 372 g/mol. The Morgan fingerprint density at radius 1 is 1.24 bits per heavy atom. The van der Waals surface area contributed by atoms with E-state index in [0.717, 1.165) is 24.0 Å². The summed E-state index contributed by atoms with van der Waals surface area (Å²) in [5.41, 5.74) is 8.16. The molecule has 1 saturated heterocycles. The van der Waals surface area contributed by atoms with E-state index in [1.165, 1.54) is 0 Å². The van der Waals surface area contributed by atoms with Gasteiger partial charge in [0.25, 0.3) is 0 Å². The molecule has 142 valence electrons. The summed E-state index contributed by atoms with van der Waals surface area (Å²) >= 11 is 0. The first-order valence-corrected chi connectivity index (χ1v) is 8.34. The average Bonchev–Trinajstić information content (AvgIpc) is 2.61. The van der Waals surface area contributed by atoms with Crippen molar-refractivity contribution in [3.05, 3.63) is 23.3 Å². The summed E-state index contributed by atoms with van der Waals surface area (Å²) < 4.78 is 16.0. The summed E-state index contributed by atoms with van der Waals surface area (Å²) in [4.78, 5) is 12.5. The number of hydrogen-bond acceptors (Lipinski definition) is 5. The van der Waals surface area contributed by atoms with Gasteiger partial charge in [0.15, 0.2) is 11.5 Å². The van der Waals surface area contributed by atoms with Crippen LogP contribution in [0.15, 0.2) is 12.1 Å². The lowest BCUT2D eigenvalue weighted by Gasteiger charge is -2.28. The van der Waals surface area contributed by atoms with E-state index in [1.807, 2.05) is 26.0 Å². The molecule has 2 unspecified atom stereocenters. The molecule has 1 amide bonds. The number of rotatable bonds is 6.